The van der Waals surface area contributed by atoms with Crippen LogP contribution in [0, 0.1) is 6.92 Å². The van der Waals surface area contributed by atoms with E-state index in [1.165, 1.54) is 24.3 Å². The number of hydrogen-bond donors (Lipinski definition) is 1. The summed E-state index contributed by atoms with van der Waals surface area (Å²) in [7, 11) is -3.58. The van der Waals surface area contributed by atoms with Gasteiger partial charge in [-0.1, -0.05) is 11.6 Å². The molecule has 0 aliphatic heterocycles. The largest absolute Gasteiger partial charge is 0.465 e. The first kappa shape index (κ1) is 14.1. The van der Waals surface area contributed by atoms with Gasteiger partial charge in [-0.05, 0) is 50.2 Å². The fourth-order valence-electron chi connectivity index (χ4n) is 1.66. The molecule has 0 spiro atoms. The number of benzene rings is 1. The van der Waals surface area contributed by atoms with Gasteiger partial charge in [0.15, 0.2) is 0 Å². The number of halogens is 1. The van der Waals surface area contributed by atoms with Gasteiger partial charge in [-0.15, -0.1) is 0 Å². The highest BCUT2D eigenvalue weighted by atomic mass is 35.5. The highest BCUT2D eigenvalue weighted by Crippen LogP contribution is 2.20. The van der Waals surface area contributed by atoms with E-state index in [4.69, 9.17) is 16.0 Å². The topological polar surface area (TPSA) is 59.3 Å². The number of furan rings is 1. The van der Waals surface area contributed by atoms with Gasteiger partial charge in [0.1, 0.15) is 11.5 Å². The second kappa shape index (κ2) is 5.36. The summed E-state index contributed by atoms with van der Waals surface area (Å²) in [5.41, 5.74) is 0. The van der Waals surface area contributed by atoms with Gasteiger partial charge < -0.3 is 4.42 Å². The highest BCUT2D eigenvalue weighted by Gasteiger charge is 2.19. The number of aryl methyl sites for hydroxylation is 1. The van der Waals surface area contributed by atoms with Crippen LogP contribution in [0.5, 0.6) is 0 Å². The third kappa shape index (κ3) is 3.37. The van der Waals surface area contributed by atoms with E-state index < -0.39 is 16.1 Å². The lowest BCUT2D eigenvalue weighted by atomic mass is 10.3. The van der Waals surface area contributed by atoms with E-state index in [1.807, 2.05) is 6.92 Å². The molecule has 6 heteroatoms. The first-order valence-electron chi connectivity index (χ1n) is 5.73. The summed E-state index contributed by atoms with van der Waals surface area (Å²) in [5.74, 6) is 1.32. The van der Waals surface area contributed by atoms with Crippen LogP contribution in [0.25, 0.3) is 0 Å². The molecule has 102 valence electrons. The molecule has 0 saturated heterocycles. The Bertz CT molecular complexity index is 661. The summed E-state index contributed by atoms with van der Waals surface area (Å²) in [4.78, 5) is 0.173. The number of nitrogens with one attached hydrogen (secondary N) is 1. The molecule has 0 bridgehead atoms. The van der Waals surface area contributed by atoms with Crippen LogP contribution in [0.4, 0.5) is 0 Å². The fraction of sp³-hybridized carbons (Fsp3) is 0.231. The molecule has 1 N–H and O–H groups in total. The zero-order chi connectivity index (χ0) is 14.0. The Morgan fingerprint density at radius 3 is 2.32 bits per heavy atom. The molecule has 0 amide bonds. The zero-order valence-corrected chi connectivity index (χ0v) is 12.1. The standard InChI is InChI=1S/C13H14ClNO3S/c1-9-3-8-13(18-9)10(2)15-19(16,17)12-6-4-11(14)5-7-12/h3-8,10,15H,1-2H3. The van der Waals surface area contributed by atoms with Crippen LogP contribution in [0.1, 0.15) is 24.5 Å². The van der Waals surface area contributed by atoms with Crippen LogP contribution in [0.3, 0.4) is 0 Å². The smallest absolute Gasteiger partial charge is 0.241 e. The maximum atomic E-state index is 12.1. The summed E-state index contributed by atoms with van der Waals surface area (Å²) in [5, 5.41) is 0.494. The summed E-state index contributed by atoms with van der Waals surface area (Å²) < 4.78 is 32.2. The molecular formula is C13H14ClNO3S. The van der Waals surface area contributed by atoms with Gasteiger partial charge in [0, 0.05) is 5.02 Å². The third-order valence-corrected chi connectivity index (χ3v) is 4.45. The van der Waals surface area contributed by atoms with E-state index in [1.54, 1.807) is 19.1 Å². The molecule has 1 atom stereocenters. The minimum Gasteiger partial charge on any atom is -0.465 e. The van der Waals surface area contributed by atoms with Gasteiger partial charge in [0.05, 0.1) is 10.9 Å². The van der Waals surface area contributed by atoms with Gasteiger partial charge in [-0.3, -0.25) is 0 Å². The Labute approximate surface area is 117 Å². The van der Waals surface area contributed by atoms with Crippen LogP contribution in [-0.4, -0.2) is 8.42 Å². The van der Waals surface area contributed by atoms with Crippen LogP contribution >= 0.6 is 11.6 Å². The van der Waals surface area contributed by atoms with Crippen LogP contribution in [0.15, 0.2) is 45.7 Å². The van der Waals surface area contributed by atoms with Crippen molar-refractivity contribution in [3.05, 3.63) is 52.9 Å². The molecule has 0 radical (unpaired) electrons. The second-order valence-electron chi connectivity index (χ2n) is 4.25. The lowest BCUT2D eigenvalue weighted by Crippen LogP contribution is -2.26. The molecule has 1 aromatic carbocycles. The van der Waals surface area contributed by atoms with E-state index in [9.17, 15) is 8.42 Å². The van der Waals surface area contributed by atoms with Gasteiger partial charge in [-0.25, -0.2) is 13.1 Å². The quantitative estimate of drug-likeness (QED) is 0.942. The summed E-state index contributed by atoms with van der Waals surface area (Å²) in [6, 6.07) is 9.12. The van der Waals surface area contributed by atoms with Gasteiger partial charge in [-0.2, -0.15) is 0 Å². The maximum absolute atomic E-state index is 12.1. The average molecular weight is 300 g/mol. The van der Waals surface area contributed by atoms with Crippen molar-refractivity contribution in [3.63, 3.8) is 0 Å². The number of sulfonamides is 1. The lowest BCUT2D eigenvalue weighted by Gasteiger charge is -2.12. The van der Waals surface area contributed by atoms with Crippen LogP contribution < -0.4 is 4.72 Å². The van der Waals surface area contributed by atoms with Crippen LogP contribution in [-0.2, 0) is 10.0 Å². The van der Waals surface area contributed by atoms with Gasteiger partial charge in [0.2, 0.25) is 10.0 Å². The number of rotatable bonds is 4. The molecule has 0 aliphatic carbocycles. The number of hydrogen-bond acceptors (Lipinski definition) is 3. The van der Waals surface area contributed by atoms with E-state index in [0.29, 0.717) is 10.8 Å². The van der Waals surface area contributed by atoms with Crippen molar-refractivity contribution in [2.24, 2.45) is 0 Å². The fourth-order valence-corrected chi connectivity index (χ4v) is 3.00. The van der Waals surface area contributed by atoms with Crippen LogP contribution in [0.2, 0.25) is 5.02 Å². The van der Waals surface area contributed by atoms with Crippen molar-refractivity contribution in [1.29, 1.82) is 0 Å². The van der Waals surface area contributed by atoms with Crippen molar-refractivity contribution in [2.45, 2.75) is 24.8 Å². The molecule has 0 saturated carbocycles. The molecule has 1 unspecified atom stereocenters. The summed E-state index contributed by atoms with van der Waals surface area (Å²) in [6.45, 7) is 3.54. The normalized spacial score (nSPS) is 13.4. The van der Waals surface area contributed by atoms with Crippen molar-refractivity contribution in [1.82, 2.24) is 4.72 Å². The molecule has 0 fully saturated rings. The zero-order valence-electron chi connectivity index (χ0n) is 10.6. The van der Waals surface area contributed by atoms with Crippen molar-refractivity contribution in [3.8, 4) is 0 Å². The first-order valence-corrected chi connectivity index (χ1v) is 7.59. The Kier molecular flexibility index (Phi) is 3.99. The molecule has 19 heavy (non-hydrogen) atoms. The molecule has 0 aliphatic rings. The Morgan fingerprint density at radius 2 is 1.79 bits per heavy atom. The predicted molar refractivity (Wildman–Crippen MR) is 73.6 cm³/mol. The predicted octanol–water partition coefficient (Wildman–Crippen LogP) is 3.28. The maximum Gasteiger partial charge on any atom is 0.241 e. The highest BCUT2D eigenvalue weighted by molar-refractivity contribution is 7.89. The molecule has 4 nitrogen and oxygen atoms in total. The molecule has 2 aromatic rings. The Morgan fingerprint density at radius 1 is 1.16 bits per heavy atom. The Hall–Kier alpha value is -1.30. The minimum absolute atomic E-state index is 0.173. The second-order valence-corrected chi connectivity index (χ2v) is 6.40. The van der Waals surface area contributed by atoms with E-state index in [-0.39, 0.29) is 4.90 Å². The molecule has 2 rings (SSSR count). The summed E-state index contributed by atoms with van der Waals surface area (Å²) >= 11 is 5.74. The van der Waals surface area contributed by atoms with Crippen molar-refractivity contribution >= 4 is 21.6 Å². The van der Waals surface area contributed by atoms with Crippen molar-refractivity contribution in [2.75, 3.05) is 0 Å². The van der Waals surface area contributed by atoms with Gasteiger partial charge in [0.25, 0.3) is 0 Å². The van der Waals surface area contributed by atoms with E-state index >= 15 is 0 Å². The molecular weight excluding hydrogens is 286 g/mol. The average Bonchev–Trinajstić information content (AvgIpc) is 2.76. The minimum atomic E-state index is -3.58. The Balaban J connectivity index is 2.19. The SMILES string of the molecule is Cc1ccc(C(C)NS(=O)(=O)c2ccc(Cl)cc2)o1. The monoisotopic (exact) mass is 299 g/mol. The third-order valence-electron chi connectivity index (χ3n) is 2.64. The van der Waals surface area contributed by atoms with Gasteiger partial charge >= 0.3 is 0 Å². The van der Waals surface area contributed by atoms with E-state index in [0.717, 1.165) is 5.76 Å². The lowest BCUT2D eigenvalue weighted by molar-refractivity contribution is 0.441. The van der Waals surface area contributed by atoms with E-state index in [2.05, 4.69) is 4.72 Å². The molecule has 1 aromatic heterocycles. The first-order chi connectivity index (χ1) is 8.88. The summed E-state index contributed by atoms with van der Waals surface area (Å²) in [6.07, 6.45) is 0. The van der Waals surface area contributed by atoms with Crippen molar-refractivity contribution < 1.29 is 12.8 Å². The molecule has 1 heterocycles.